The van der Waals surface area contributed by atoms with E-state index in [-0.39, 0.29) is 5.78 Å². The second kappa shape index (κ2) is 10.5. The van der Waals surface area contributed by atoms with Gasteiger partial charge in [0.15, 0.2) is 5.82 Å². The lowest BCUT2D eigenvalue weighted by Crippen LogP contribution is -2.42. The van der Waals surface area contributed by atoms with E-state index in [9.17, 15) is 4.79 Å². The van der Waals surface area contributed by atoms with Crippen molar-refractivity contribution >= 4 is 16.8 Å². The molecule has 39 heavy (non-hydrogen) atoms. The molecule has 0 bridgehead atoms. The largest absolute Gasteiger partial charge is 0.481 e. The van der Waals surface area contributed by atoms with Crippen LogP contribution in [0, 0.1) is 0 Å². The molecule has 0 saturated carbocycles. The second-order valence-electron chi connectivity index (χ2n) is 10.8. The fraction of sp³-hybridized carbons (Fsp3) is 0.273. The van der Waals surface area contributed by atoms with Gasteiger partial charge in [0.25, 0.3) is 0 Å². The van der Waals surface area contributed by atoms with E-state index in [1.54, 1.807) is 0 Å². The Morgan fingerprint density at radius 2 is 1.82 bits per heavy atom. The molecule has 2 atom stereocenters. The summed E-state index contributed by atoms with van der Waals surface area (Å²) in [7, 11) is 2.21. The lowest BCUT2D eigenvalue weighted by Gasteiger charge is -2.37. The third-order valence-electron chi connectivity index (χ3n) is 7.84. The summed E-state index contributed by atoms with van der Waals surface area (Å²) in [5.41, 5.74) is 4.07. The van der Waals surface area contributed by atoms with Crippen molar-refractivity contribution in [2.75, 3.05) is 26.7 Å². The van der Waals surface area contributed by atoms with Gasteiger partial charge in [0.05, 0.1) is 17.6 Å². The molecule has 0 amide bonds. The maximum atomic E-state index is 13.1. The molecule has 6 rings (SSSR count). The Kier molecular flexibility index (Phi) is 6.79. The van der Waals surface area contributed by atoms with Crippen LogP contribution in [-0.4, -0.2) is 58.3 Å². The molecule has 1 fully saturated rings. The van der Waals surface area contributed by atoms with Crippen molar-refractivity contribution < 1.29 is 9.53 Å². The number of para-hydroxylation sites is 2. The summed E-state index contributed by atoms with van der Waals surface area (Å²) in [4.78, 5) is 25.5. The quantitative estimate of drug-likeness (QED) is 0.293. The van der Waals surface area contributed by atoms with Crippen molar-refractivity contribution in [3.8, 4) is 5.75 Å². The topological polar surface area (TPSA) is 61.5 Å². The van der Waals surface area contributed by atoms with Crippen molar-refractivity contribution in [1.29, 1.82) is 0 Å². The van der Waals surface area contributed by atoms with Crippen LogP contribution in [0.4, 0.5) is 0 Å². The smallest absolute Gasteiger partial charge is 0.228 e. The number of ketones is 1. The minimum absolute atomic E-state index is 0.141. The highest BCUT2D eigenvalue weighted by Crippen LogP contribution is 2.32. The van der Waals surface area contributed by atoms with E-state index in [4.69, 9.17) is 4.74 Å². The molecule has 0 radical (unpaired) electrons. The van der Waals surface area contributed by atoms with E-state index in [1.807, 2.05) is 54.6 Å². The number of ether oxygens (including phenoxy) is 1. The molecule has 2 aliphatic rings. The van der Waals surface area contributed by atoms with Crippen molar-refractivity contribution in [2.45, 2.75) is 31.4 Å². The van der Waals surface area contributed by atoms with Crippen LogP contribution in [0.1, 0.15) is 41.5 Å². The first-order valence-corrected chi connectivity index (χ1v) is 13.7. The van der Waals surface area contributed by atoms with Gasteiger partial charge in [-0.25, -0.2) is 4.98 Å². The van der Waals surface area contributed by atoms with Gasteiger partial charge in [-0.05, 0) is 80.9 Å². The zero-order valence-electron chi connectivity index (χ0n) is 22.5. The Morgan fingerprint density at radius 1 is 1.05 bits per heavy atom. The third kappa shape index (κ3) is 5.25. The number of benzene rings is 3. The van der Waals surface area contributed by atoms with Gasteiger partial charge in [0, 0.05) is 24.4 Å². The number of fused-ring (bicyclic) bond motifs is 1. The molecule has 6 nitrogen and oxygen atoms in total. The molecule has 0 spiro atoms. The standard InChI is InChI=1S/C33H34N4O2/c1-33(26-11-4-3-5-12-26,23-37-21-8-10-25(22-37)30-15-9-20-36(30)2)39-27-18-16-24(17-19-27)31(38)32-34-28-13-6-7-14-29(28)35-32/h3-8,10-14,16-19,22,30H,9,15,20-21,23H2,1-2H3,(H,34,35)/t30-,33?/m0/s1. The molecule has 3 aromatic carbocycles. The fourth-order valence-corrected chi connectivity index (χ4v) is 5.76. The summed E-state index contributed by atoms with van der Waals surface area (Å²) in [6.07, 6.45) is 9.29. The predicted octanol–water partition coefficient (Wildman–Crippen LogP) is 5.94. The highest BCUT2D eigenvalue weighted by molar-refractivity contribution is 6.08. The monoisotopic (exact) mass is 518 g/mol. The van der Waals surface area contributed by atoms with E-state index in [0.29, 0.717) is 24.0 Å². The number of likely N-dealkylation sites (tertiary alicyclic amines) is 1. The molecule has 4 aromatic rings. The minimum atomic E-state index is -0.597. The number of nitrogens with zero attached hydrogens (tertiary/aromatic N) is 3. The van der Waals surface area contributed by atoms with E-state index >= 15 is 0 Å². The maximum Gasteiger partial charge on any atom is 0.228 e. The molecule has 6 heteroatoms. The van der Waals surface area contributed by atoms with E-state index in [2.05, 4.69) is 76.4 Å². The van der Waals surface area contributed by atoms with Gasteiger partial charge < -0.3 is 14.6 Å². The van der Waals surface area contributed by atoms with Crippen molar-refractivity contribution in [3.05, 3.63) is 120 Å². The molecule has 3 heterocycles. The SMILES string of the molecule is CN1CCC[C@H]1C1=CN(CC(C)(Oc2ccc(C(=O)c3nc4ccccc4[nH]3)cc2)c2ccccc2)CC=C1. The van der Waals surface area contributed by atoms with Crippen LogP contribution in [-0.2, 0) is 5.60 Å². The number of aromatic nitrogens is 2. The zero-order valence-corrected chi connectivity index (χ0v) is 22.5. The first-order chi connectivity index (χ1) is 19.0. The predicted molar refractivity (Wildman–Crippen MR) is 155 cm³/mol. The van der Waals surface area contributed by atoms with Gasteiger partial charge in [0.1, 0.15) is 11.4 Å². The number of hydrogen-bond donors (Lipinski definition) is 1. The lowest BCUT2D eigenvalue weighted by atomic mass is 9.94. The van der Waals surface area contributed by atoms with Crippen LogP contribution in [0.5, 0.6) is 5.75 Å². The third-order valence-corrected chi connectivity index (χ3v) is 7.84. The molecule has 1 aromatic heterocycles. The number of carbonyl (C=O) groups excluding carboxylic acids is 1. The highest BCUT2D eigenvalue weighted by atomic mass is 16.5. The van der Waals surface area contributed by atoms with Crippen LogP contribution in [0.3, 0.4) is 0 Å². The number of carbonyl (C=O) groups is 1. The highest BCUT2D eigenvalue weighted by Gasteiger charge is 2.32. The number of rotatable bonds is 8. The Balaban J connectivity index is 1.23. The maximum absolute atomic E-state index is 13.1. The van der Waals surface area contributed by atoms with Crippen molar-refractivity contribution in [1.82, 2.24) is 19.8 Å². The summed E-state index contributed by atoms with van der Waals surface area (Å²) >= 11 is 0. The fourth-order valence-electron chi connectivity index (χ4n) is 5.76. The van der Waals surface area contributed by atoms with E-state index in [0.717, 1.165) is 35.4 Å². The first-order valence-electron chi connectivity index (χ1n) is 13.7. The number of likely N-dealkylation sites (N-methyl/N-ethyl adjacent to an activating group) is 1. The molecule has 1 saturated heterocycles. The molecule has 0 aliphatic carbocycles. The van der Waals surface area contributed by atoms with Gasteiger partial charge in [-0.2, -0.15) is 0 Å². The minimum Gasteiger partial charge on any atom is -0.481 e. The van der Waals surface area contributed by atoms with Gasteiger partial charge in [0.2, 0.25) is 5.78 Å². The number of nitrogens with one attached hydrogen (secondary N) is 1. The molecular formula is C33H34N4O2. The van der Waals surface area contributed by atoms with Gasteiger partial charge in [-0.3, -0.25) is 9.69 Å². The molecule has 1 unspecified atom stereocenters. The zero-order chi connectivity index (χ0) is 26.8. The average Bonchev–Trinajstić information content (AvgIpc) is 3.60. The Morgan fingerprint density at radius 3 is 2.56 bits per heavy atom. The summed E-state index contributed by atoms with van der Waals surface area (Å²) in [6, 6.07) is 25.9. The van der Waals surface area contributed by atoms with Gasteiger partial charge >= 0.3 is 0 Å². The van der Waals surface area contributed by atoms with Crippen molar-refractivity contribution in [2.24, 2.45) is 0 Å². The van der Waals surface area contributed by atoms with Crippen LogP contribution in [0.2, 0.25) is 0 Å². The van der Waals surface area contributed by atoms with Crippen LogP contribution in [0.25, 0.3) is 11.0 Å². The van der Waals surface area contributed by atoms with Crippen LogP contribution < -0.4 is 4.74 Å². The molecule has 198 valence electrons. The second-order valence-corrected chi connectivity index (χ2v) is 10.8. The molecule has 1 N–H and O–H groups in total. The summed E-state index contributed by atoms with van der Waals surface area (Å²) in [5.74, 6) is 0.917. The van der Waals surface area contributed by atoms with Gasteiger partial charge in [-0.1, -0.05) is 54.6 Å². The van der Waals surface area contributed by atoms with Crippen LogP contribution in [0.15, 0.2) is 103 Å². The summed E-state index contributed by atoms with van der Waals surface area (Å²) < 4.78 is 6.72. The number of H-pyrrole nitrogens is 1. The number of hydrogen-bond acceptors (Lipinski definition) is 5. The van der Waals surface area contributed by atoms with Crippen LogP contribution >= 0.6 is 0 Å². The Bertz CT molecular complexity index is 1490. The van der Waals surface area contributed by atoms with Gasteiger partial charge in [-0.15, -0.1) is 0 Å². The molecular weight excluding hydrogens is 484 g/mol. The van der Waals surface area contributed by atoms with E-state index < -0.39 is 5.60 Å². The summed E-state index contributed by atoms with van der Waals surface area (Å²) in [5, 5.41) is 0. The molecule has 2 aliphatic heterocycles. The normalized spacial score (nSPS) is 19.2. The Hall–Kier alpha value is -4.16. The first kappa shape index (κ1) is 25.1. The Labute approximate surface area is 229 Å². The number of imidazole rings is 1. The summed E-state index contributed by atoms with van der Waals surface area (Å²) in [6.45, 7) is 4.83. The number of aromatic amines is 1. The van der Waals surface area contributed by atoms with Crippen molar-refractivity contribution in [3.63, 3.8) is 0 Å². The lowest BCUT2D eigenvalue weighted by molar-refractivity contribution is 0.0574. The van der Waals surface area contributed by atoms with E-state index in [1.165, 1.54) is 18.4 Å². The average molecular weight is 519 g/mol.